The maximum Gasteiger partial charge on any atom is 0.167 e. The van der Waals surface area contributed by atoms with Crippen LogP contribution in [0.25, 0.3) is 0 Å². The van der Waals surface area contributed by atoms with Crippen LogP contribution in [0, 0.1) is 11.8 Å². The molecule has 2 heteroatoms. The summed E-state index contributed by atoms with van der Waals surface area (Å²) in [5, 5.41) is 0. The molecular weight excluding hydrogens is 200 g/mol. The smallest absolute Gasteiger partial charge is 0.167 e. The monoisotopic (exact) mass is 224 g/mol. The quantitative estimate of drug-likeness (QED) is 0.735. The number of hydrogen-bond donors (Lipinski definition) is 0. The highest BCUT2D eigenvalue weighted by Gasteiger charge is 2.44. The molecule has 2 rings (SSSR count). The van der Waals surface area contributed by atoms with E-state index in [2.05, 4.69) is 6.92 Å². The molecule has 2 fully saturated rings. The van der Waals surface area contributed by atoms with E-state index in [0.717, 1.165) is 44.4 Å². The van der Waals surface area contributed by atoms with Gasteiger partial charge >= 0.3 is 0 Å². The number of hydrogen-bond acceptors (Lipinski definition) is 2. The van der Waals surface area contributed by atoms with Crippen molar-refractivity contribution in [1.29, 1.82) is 0 Å². The van der Waals surface area contributed by atoms with Crippen molar-refractivity contribution in [1.82, 2.24) is 0 Å². The van der Waals surface area contributed by atoms with Crippen LogP contribution in [0.5, 0.6) is 0 Å². The summed E-state index contributed by atoms with van der Waals surface area (Å²) >= 11 is 0. The van der Waals surface area contributed by atoms with Gasteiger partial charge in [0.15, 0.2) is 5.78 Å². The van der Waals surface area contributed by atoms with E-state index in [0.29, 0.717) is 5.78 Å². The van der Waals surface area contributed by atoms with Crippen LogP contribution < -0.4 is 0 Å². The van der Waals surface area contributed by atoms with E-state index in [4.69, 9.17) is 4.74 Å². The zero-order valence-electron chi connectivity index (χ0n) is 10.6. The molecule has 2 aliphatic carbocycles. The summed E-state index contributed by atoms with van der Waals surface area (Å²) in [5.74, 6) is 1.42. The van der Waals surface area contributed by atoms with E-state index in [-0.39, 0.29) is 5.92 Å². The van der Waals surface area contributed by atoms with Gasteiger partial charge in [-0.1, -0.05) is 19.8 Å². The molecule has 0 N–H and O–H groups in total. The SMILES string of the molecule is COC1(C(=O)C2CCCC(C)C2)CCCC1. The van der Waals surface area contributed by atoms with Crippen LogP contribution in [0.2, 0.25) is 0 Å². The van der Waals surface area contributed by atoms with E-state index in [1.807, 2.05) is 0 Å². The fraction of sp³-hybridized carbons (Fsp3) is 0.929. The van der Waals surface area contributed by atoms with Gasteiger partial charge in [-0.15, -0.1) is 0 Å². The molecule has 0 bridgehead atoms. The molecule has 0 aliphatic heterocycles. The number of Topliss-reactive ketones (excluding diaryl/α,β-unsaturated/α-hetero) is 1. The van der Waals surface area contributed by atoms with Crippen LogP contribution in [0.1, 0.15) is 58.3 Å². The van der Waals surface area contributed by atoms with Gasteiger partial charge in [0.1, 0.15) is 5.60 Å². The summed E-state index contributed by atoms with van der Waals surface area (Å²) in [7, 11) is 1.72. The number of ketones is 1. The molecule has 0 spiro atoms. The molecule has 0 aromatic carbocycles. The summed E-state index contributed by atoms with van der Waals surface area (Å²) in [6, 6.07) is 0. The largest absolute Gasteiger partial charge is 0.370 e. The summed E-state index contributed by atoms with van der Waals surface area (Å²) in [6.07, 6.45) is 8.91. The lowest BCUT2D eigenvalue weighted by molar-refractivity contribution is -0.146. The average molecular weight is 224 g/mol. The molecular formula is C14H24O2. The van der Waals surface area contributed by atoms with Gasteiger partial charge in [0.2, 0.25) is 0 Å². The standard InChI is InChI=1S/C14H24O2/c1-11-6-5-7-12(10-11)13(15)14(16-2)8-3-4-9-14/h11-12H,3-10H2,1-2H3. The molecule has 0 radical (unpaired) electrons. The fourth-order valence-electron chi connectivity index (χ4n) is 3.54. The number of ether oxygens (including phenoxy) is 1. The van der Waals surface area contributed by atoms with Crippen LogP contribution in [-0.4, -0.2) is 18.5 Å². The van der Waals surface area contributed by atoms with Gasteiger partial charge in [-0.05, 0) is 44.4 Å². The van der Waals surface area contributed by atoms with Gasteiger partial charge < -0.3 is 4.74 Å². The Hall–Kier alpha value is -0.370. The molecule has 2 atom stereocenters. The summed E-state index contributed by atoms with van der Waals surface area (Å²) < 4.78 is 5.60. The first-order chi connectivity index (χ1) is 7.68. The Bertz CT molecular complexity index is 253. The molecule has 0 saturated heterocycles. The third kappa shape index (κ3) is 2.17. The molecule has 2 nitrogen and oxygen atoms in total. The van der Waals surface area contributed by atoms with E-state index in [1.165, 1.54) is 12.8 Å². The van der Waals surface area contributed by atoms with E-state index in [9.17, 15) is 4.79 Å². The van der Waals surface area contributed by atoms with Gasteiger partial charge in [0.05, 0.1) is 0 Å². The molecule has 0 aromatic rings. The summed E-state index contributed by atoms with van der Waals surface area (Å²) in [4.78, 5) is 12.6. The Labute approximate surface area is 98.7 Å². The zero-order chi connectivity index (χ0) is 11.6. The Morgan fingerprint density at radius 3 is 2.44 bits per heavy atom. The highest BCUT2D eigenvalue weighted by Crippen LogP contribution is 2.39. The van der Waals surface area contributed by atoms with Gasteiger partial charge in [-0.3, -0.25) is 4.79 Å². The van der Waals surface area contributed by atoms with Crippen LogP contribution in [0.15, 0.2) is 0 Å². The van der Waals surface area contributed by atoms with Crippen molar-refractivity contribution in [2.24, 2.45) is 11.8 Å². The second kappa shape index (κ2) is 4.87. The lowest BCUT2D eigenvalue weighted by Crippen LogP contribution is -2.43. The molecule has 92 valence electrons. The normalized spacial score (nSPS) is 33.9. The maximum atomic E-state index is 12.6. The highest BCUT2D eigenvalue weighted by molar-refractivity contribution is 5.89. The Kier molecular flexibility index (Phi) is 3.68. The first kappa shape index (κ1) is 12.1. The molecule has 0 heterocycles. The second-order valence-corrected chi connectivity index (χ2v) is 5.74. The van der Waals surface area contributed by atoms with Crippen molar-refractivity contribution in [2.45, 2.75) is 63.9 Å². The van der Waals surface area contributed by atoms with Crippen LogP contribution in [0.4, 0.5) is 0 Å². The third-order valence-electron chi connectivity index (χ3n) is 4.56. The van der Waals surface area contributed by atoms with Gasteiger partial charge in [-0.2, -0.15) is 0 Å². The molecule has 0 aromatic heterocycles. The predicted molar refractivity (Wildman–Crippen MR) is 64.3 cm³/mol. The minimum absolute atomic E-state index is 0.279. The predicted octanol–water partition coefficient (Wildman–Crippen LogP) is 3.34. The van der Waals surface area contributed by atoms with E-state index < -0.39 is 5.60 Å². The zero-order valence-corrected chi connectivity index (χ0v) is 10.6. The summed E-state index contributed by atoms with van der Waals surface area (Å²) in [5.41, 5.74) is -0.401. The second-order valence-electron chi connectivity index (χ2n) is 5.74. The van der Waals surface area contributed by atoms with Gasteiger partial charge in [-0.25, -0.2) is 0 Å². The van der Waals surface area contributed by atoms with Crippen LogP contribution >= 0.6 is 0 Å². The Balaban J connectivity index is 2.04. The molecule has 2 aliphatic rings. The average Bonchev–Trinajstić information content (AvgIpc) is 2.78. The lowest BCUT2D eigenvalue weighted by atomic mass is 9.75. The van der Waals surface area contributed by atoms with Gasteiger partial charge in [0, 0.05) is 13.0 Å². The van der Waals surface area contributed by atoms with Gasteiger partial charge in [0.25, 0.3) is 0 Å². The Morgan fingerprint density at radius 2 is 1.88 bits per heavy atom. The van der Waals surface area contributed by atoms with Crippen molar-refractivity contribution < 1.29 is 9.53 Å². The number of carbonyl (C=O) groups is 1. The van der Waals surface area contributed by atoms with E-state index >= 15 is 0 Å². The maximum absolute atomic E-state index is 12.6. The number of methoxy groups -OCH3 is 1. The first-order valence-electron chi connectivity index (χ1n) is 6.77. The van der Waals surface area contributed by atoms with E-state index in [1.54, 1.807) is 7.11 Å². The molecule has 16 heavy (non-hydrogen) atoms. The van der Waals surface area contributed by atoms with Crippen molar-refractivity contribution in [2.75, 3.05) is 7.11 Å². The fourth-order valence-corrected chi connectivity index (χ4v) is 3.54. The first-order valence-corrected chi connectivity index (χ1v) is 6.77. The van der Waals surface area contributed by atoms with Crippen molar-refractivity contribution >= 4 is 5.78 Å². The minimum atomic E-state index is -0.401. The number of carbonyl (C=O) groups excluding carboxylic acids is 1. The third-order valence-corrected chi connectivity index (χ3v) is 4.56. The Morgan fingerprint density at radius 1 is 1.19 bits per heavy atom. The van der Waals surface area contributed by atoms with Crippen molar-refractivity contribution in [3.63, 3.8) is 0 Å². The lowest BCUT2D eigenvalue weighted by Gasteiger charge is -2.33. The summed E-state index contributed by atoms with van der Waals surface area (Å²) in [6.45, 7) is 2.27. The van der Waals surface area contributed by atoms with Crippen molar-refractivity contribution in [3.8, 4) is 0 Å². The van der Waals surface area contributed by atoms with Crippen LogP contribution in [0.3, 0.4) is 0 Å². The molecule has 2 unspecified atom stereocenters. The number of rotatable bonds is 3. The highest BCUT2D eigenvalue weighted by atomic mass is 16.5. The minimum Gasteiger partial charge on any atom is -0.370 e. The van der Waals surface area contributed by atoms with Crippen LogP contribution in [-0.2, 0) is 9.53 Å². The van der Waals surface area contributed by atoms with Crippen molar-refractivity contribution in [3.05, 3.63) is 0 Å². The molecule has 0 amide bonds. The molecule has 2 saturated carbocycles. The topological polar surface area (TPSA) is 26.3 Å².